The van der Waals surface area contributed by atoms with Gasteiger partial charge < -0.3 is 4.74 Å². The Morgan fingerprint density at radius 1 is 1.20 bits per heavy atom. The van der Waals surface area contributed by atoms with Crippen LogP contribution in [-0.4, -0.2) is 27.0 Å². The Kier molecular flexibility index (Phi) is 4.49. The second-order valence-corrected chi connectivity index (χ2v) is 7.80. The Labute approximate surface area is 145 Å². The van der Waals surface area contributed by atoms with E-state index in [9.17, 15) is 18.5 Å². The van der Waals surface area contributed by atoms with Crippen molar-refractivity contribution in [1.29, 1.82) is 0 Å². The van der Waals surface area contributed by atoms with Crippen LogP contribution in [-0.2, 0) is 15.4 Å². The van der Waals surface area contributed by atoms with E-state index in [1.807, 2.05) is 30.3 Å². The Hall–Kier alpha value is -2.45. The topological polar surface area (TPSA) is 98.5 Å². The average Bonchev–Trinajstić information content (AvgIpc) is 3.41. The SMILES string of the molecule is COc1ccc([N+](=O)[O-])cc1S(=O)(=O)NCC1(c2ccccc2)CC1. The third-order valence-electron chi connectivity index (χ3n) is 4.49. The summed E-state index contributed by atoms with van der Waals surface area (Å²) in [6.45, 7) is 0.241. The zero-order valence-electron chi connectivity index (χ0n) is 13.6. The van der Waals surface area contributed by atoms with Crippen molar-refractivity contribution in [1.82, 2.24) is 4.72 Å². The lowest BCUT2D eigenvalue weighted by molar-refractivity contribution is -0.385. The molecule has 0 amide bonds. The maximum absolute atomic E-state index is 12.7. The minimum atomic E-state index is -3.94. The zero-order chi connectivity index (χ0) is 18.1. The van der Waals surface area contributed by atoms with E-state index in [0.717, 1.165) is 24.5 Å². The van der Waals surface area contributed by atoms with Gasteiger partial charge in [0.15, 0.2) is 0 Å². The Balaban J connectivity index is 1.85. The van der Waals surface area contributed by atoms with E-state index in [2.05, 4.69) is 4.72 Å². The van der Waals surface area contributed by atoms with Gasteiger partial charge in [-0.3, -0.25) is 10.1 Å². The van der Waals surface area contributed by atoms with Gasteiger partial charge in [0.25, 0.3) is 5.69 Å². The minimum absolute atomic E-state index is 0.0719. The van der Waals surface area contributed by atoms with Gasteiger partial charge in [0, 0.05) is 24.1 Å². The summed E-state index contributed by atoms with van der Waals surface area (Å²) in [5, 5.41) is 10.9. The van der Waals surface area contributed by atoms with E-state index in [4.69, 9.17) is 4.74 Å². The molecular weight excluding hydrogens is 344 g/mol. The first kappa shape index (κ1) is 17.4. The first-order chi connectivity index (χ1) is 11.9. The fraction of sp³-hybridized carbons (Fsp3) is 0.294. The lowest BCUT2D eigenvalue weighted by atomic mass is 9.96. The maximum Gasteiger partial charge on any atom is 0.271 e. The number of benzene rings is 2. The average molecular weight is 362 g/mol. The molecule has 1 aliphatic rings. The molecule has 0 radical (unpaired) electrons. The van der Waals surface area contributed by atoms with Gasteiger partial charge in [-0.2, -0.15) is 0 Å². The van der Waals surface area contributed by atoms with Gasteiger partial charge in [-0.1, -0.05) is 30.3 Å². The number of sulfonamides is 1. The molecule has 0 bridgehead atoms. The number of hydrogen-bond donors (Lipinski definition) is 1. The lowest BCUT2D eigenvalue weighted by Gasteiger charge is -2.17. The number of ether oxygens (including phenoxy) is 1. The molecule has 0 aliphatic heterocycles. The van der Waals surface area contributed by atoms with Gasteiger partial charge in [0.1, 0.15) is 10.6 Å². The van der Waals surface area contributed by atoms with Crippen LogP contribution in [0, 0.1) is 10.1 Å². The van der Waals surface area contributed by atoms with Crippen molar-refractivity contribution in [2.75, 3.05) is 13.7 Å². The van der Waals surface area contributed by atoms with Gasteiger partial charge in [-0.25, -0.2) is 13.1 Å². The molecule has 2 aromatic rings. The summed E-state index contributed by atoms with van der Waals surface area (Å²) >= 11 is 0. The predicted octanol–water partition coefficient (Wildman–Crippen LogP) is 2.61. The monoisotopic (exact) mass is 362 g/mol. The van der Waals surface area contributed by atoms with Crippen LogP contribution < -0.4 is 9.46 Å². The van der Waals surface area contributed by atoms with Gasteiger partial charge in [0.05, 0.1) is 12.0 Å². The first-order valence-corrected chi connectivity index (χ1v) is 9.24. The molecule has 1 aliphatic carbocycles. The second kappa shape index (κ2) is 6.45. The fourth-order valence-electron chi connectivity index (χ4n) is 2.81. The van der Waals surface area contributed by atoms with E-state index in [1.165, 1.54) is 19.2 Å². The summed E-state index contributed by atoms with van der Waals surface area (Å²) in [6.07, 6.45) is 1.79. The number of non-ortho nitro benzene ring substituents is 1. The third kappa shape index (κ3) is 3.49. The van der Waals surface area contributed by atoms with Crippen LogP contribution in [0.1, 0.15) is 18.4 Å². The summed E-state index contributed by atoms with van der Waals surface area (Å²) in [7, 11) is -2.61. The summed E-state index contributed by atoms with van der Waals surface area (Å²) in [6, 6.07) is 13.2. The molecule has 3 rings (SSSR count). The summed E-state index contributed by atoms with van der Waals surface area (Å²) in [4.78, 5) is 10.1. The largest absolute Gasteiger partial charge is 0.495 e. The van der Waals surface area contributed by atoms with Crippen LogP contribution in [0.5, 0.6) is 5.75 Å². The van der Waals surface area contributed by atoms with Crippen LogP contribution in [0.2, 0.25) is 0 Å². The quantitative estimate of drug-likeness (QED) is 0.603. The number of hydrogen-bond acceptors (Lipinski definition) is 5. The van der Waals surface area contributed by atoms with Crippen molar-refractivity contribution in [3.8, 4) is 5.75 Å². The van der Waals surface area contributed by atoms with Gasteiger partial charge in [-0.15, -0.1) is 0 Å². The molecule has 0 aromatic heterocycles. The van der Waals surface area contributed by atoms with Crippen LogP contribution in [0.4, 0.5) is 5.69 Å². The smallest absolute Gasteiger partial charge is 0.271 e. The van der Waals surface area contributed by atoms with Crippen LogP contribution >= 0.6 is 0 Å². The number of methoxy groups -OCH3 is 1. The van der Waals surface area contributed by atoms with E-state index in [1.54, 1.807) is 0 Å². The molecule has 1 fully saturated rings. The molecule has 0 spiro atoms. The standard InChI is InChI=1S/C17H18N2O5S/c1-24-15-8-7-14(19(20)21)11-16(15)25(22,23)18-12-17(9-10-17)13-5-3-2-4-6-13/h2-8,11,18H,9-10,12H2,1H3. The molecule has 1 saturated carbocycles. The van der Waals surface area contributed by atoms with E-state index in [0.29, 0.717) is 0 Å². The number of nitro benzene ring substituents is 1. The molecule has 132 valence electrons. The Bertz CT molecular complexity index is 893. The van der Waals surface area contributed by atoms with Crippen LogP contribution in [0.25, 0.3) is 0 Å². The normalized spacial score (nSPS) is 15.6. The highest BCUT2D eigenvalue weighted by molar-refractivity contribution is 7.89. The molecule has 0 unspecified atom stereocenters. The van der Waals surface area contributed by atoms with Crippen molar-refractivity contribution in [2.24, 2.45) is 0 Å². The second-order valence-electron chi connectivity index (χ2n) is 6.06. The zero-order valence-corrected chi connectivity index (χ0v) is 14.5. The molecule has 0 saturated heterocycles. The van der Waals surface area contributed by atoms with Crippen molar-refractivity contribution in [3.05, 3.63) is 64.2 Å². The van der Waals surface area contributed by atoms with Gasteiger partial charge in [-0.05, 0) is 24.5 Å². The summed E-state index contributed by atoms with van der Waals surface area (Å²) in [5.74, 6) is 0.0719. The molecule has 1 N–H and O–H groups in total. The van der Waals surface area contributed by atoms with Crippen LogP contribution in [0.3, 0.4) is 0 Å². The minimum Gasteiger partial charge on any atom is -0.495 e. The fourth-order valence-corrected chi connectivity index (χ4v) is 4.12. The van der Waals surface area contributed by atoms with E-state index < -0.39 is 14.9 Å². The van der Waals surface area contributed by atoms with E-state index >= 15 is 0 Å². The summed E-state index contributed by atoms with van der Waals surface area (Å²) < 4.78 is 33.0. The number of rotatable bonds is 7. The lowest BCUT2D eigenvalue weighted by Crippen LogP contribution is -2.32. The molecule has 25 heavy (non-hydrogen) atoms. The molecular formula is C17H18N2O5S. The molecule has 0 heterocycles. The Morgan fingerprint density at radius 3 is 2.44 bits per heavy atom. The number of nitro groups is 1. The molecule has 7 nitrogen and oxygen atoms in total. The maximum atomic E-state index is 12.7. The van der Waals surface area contributed by atoms with E-state index in [-0.39, 0.29) is 28.3 Å². The Morgan fingerprint density at radius 2 is 1.88 bits per heavy atom. The highest BCUT2D eigenvalue weighted by Crippen LogP contribution is 2.47. The van der Waals surface area contributed by atoms with Crippen molar-refractivity contribution < 1.29 is 18.1 Å². The van der Waals surface area contributed by atoms with Crippen molar-refractivity contribution in [3.63, 3.8) is 0 Å². The molecule has 0 atom stereocenters. The first-order valence-electron chi connectivity index (χ1n) is 7.76. The van der Waals surface area contributed by atoms with Gasteiger partial charge in [0.2, 0.25) is 10.0 Å². The highest BCUT2D eigenvalue weighted by Gasteiger charge is 2.44. The predicted molar refractivity (Wildman–Crippen MR) is 92.2 cm³/mol. The molecule has 8 heteroatoms. The third-order valence-corrected chi connectivity index (χ3v) is 5.91. The number of nitrogens with zero attached hydrogens (tertiary/aromatic N) is 1. The highest BCUT2D eigenvalue weighted by atomic mass is 32.2. The van der Waals surface area contributed by atoms with Crippen molar-refractivity contribution in [2.45, 2.75) is 23.2 Å². The summed E-state index contributed by atoms with van der Waals surface area (Å²) in [5.41, 5.74) is 0.580. The number of nitrogens with one attached hydrogen (secondary N) is 1. The van der Waals surface area contributed by atoms with Crippen LogP contribution in [0.15, 0.2) is 53.4 Å². The van der Waals surface area contributed by atoms with Gasteiger partial charge >= 0.3 is 0 Å². The van der Waals surface area contributed by atoms with Crippen molar-refractivity contribution >= 4 is 15.7 Å². The molecule has 2 aromatic carbocycles.